The molecule has 28 heavy (non-hydrogen) atoms. The molecule has 0 radical (unpaired) electrons. The van der Waals surface area contributed by atoms with Crippen molar-refractivity contribution in [2.45, 2.75) is 6.92 Å². The van der Waals surface area contributed by atoms with Gasteiger partial charge in [-0.25, -0.2) is 4.79 Å². The highest BCUT2D eigenvalue weighted by Gasteiger charge is 2.29. The Labute approximate surface area is 166 Å². The standard InChI is InChI=1S/C20H17ClN2O5/c1-11-15(8-12-9-16(21)18(28-3)17(10-12)27-2)19(24)23(22-11)14-6-4-13(5-7-14)20(25)26/h4-10H,1-3H3,(H,25,26). The number of hydrogen-bond acceptors (Lipinski definition) is 5. The minimum Gasteiger partial charge on any atom is -0.493 e. The predicted octanol–water partition coefficient (Wildman–Crippen LogP) is 3.86. The van der Waals surface area contributed by atoms with E-state index in [-0.39, 0.29) is 11.5 Å². The van der Waals surface area contributed by atoms with Crippen LogP contribution in [-0.2, 0) is 4.79 Å². The van der Waals surface area contributed by atoms with Gasteiger partial charge in [-0.2, -0.15) is 10.1 Å². The van der Waals surface area contributed by atoms with Crippen LogP contribution in [0.3, 0.4) is 0 Å². The van der Waals surface area contributed by atoms with Gasteiger partial charge in [0.15, 0.2) is 11.5 Å². The van der Waals surface area contributed by atoms with Gasteiger partial charge in [-0.15, -0.1) is 0 Å². The summed E-state index contributed by atoms with van der Waals surface area (Å²) in [5, 5.41) is 14.9. The number of rotatable bonds is 5. The zero-order chi connectivity index (χ0) is 20.4. The van der Waals surface area contributed by atoms with Crippen LogP contribution >= 0.6 is 11.6 Å². The number of carboxylic acids is 1. The molecule has 0 aromatic heterocycles. The van der Waals surface area contributed by atoms with Crippen LogP contribution in [0.2, 0.25) is 5.02 Å². The van der Waals surface area contributed by atoms with Gasteiger partial charge in [0.2, 0.25) is 0 Å². The van der Waals surface area contributed by atoms with Crippen LogP contribution in [0.5, 0.6) is 11.5 Å². The number of halogens is 1. The molecule has 1 N–H and O–H groups in total. The number of hydrogen-bond donors (Lipinski definition) is 1. The Balaban J connectivity index is 1.94. The van der Waals surface area contributed by atoms with Crippen LogP contribution in [-0.4, -0.2) is 36.9 Å². The van der Waals surface area contributed by atoms with E-state index in [1.165, 1.54) is 43.5 Å². The fraction of sp³-hybridized carbons (Fsp3) is 0.150. The van der Waals surface area contributed by atoms with Crippen molar-refractivity contribution in [2.75, 3.05) is 19.2 Å². The lowest BCUT2D eigenvalue weighted by molar-refractivity contribution is -0.114. The maximum Gasteiger partial charge on any atom is 0.335 e. The Hall–Kier alpha value is -3.32. The van der Waals surface area contributed by atoms with Crippen molar-refractivity contribution in [3.05, 3.63) is 58.1 Å². The van der Waals surface area contributed by atoms with Crippen molar-refractivity contribution in [3.8, 4) is 11.5 Å². The topological polar surface area (TPSA) is 88.4 Å². The lowest BCUT2D eigenvalue weighted by Gasteiger charge is -2.12. The summed E-state index contributed by atoms with van der Waals surface area (Å²) in [6.07, 6.45) is 1.67. The van der Waals surface area contributed by atoms with Crippen LogP contribution in [0.25, 0.3) is 6.08 Å². The first kappa shape index (κ1) is 19.4. The number of nitrogens with zero attached hydrogens (tertiary/aromatic N) is 2. The molecule has 1 aliphatic heterocycles. The summed E-state index contributed by atoms with van der Waals surface area (Å²) >= 11 is 6.23. The average Bonchev–Trinajstić information content (AvgIpc) is 2.95. The minimum absolute atomic E-state index is 0.131. The molecule has 2 aromatic carbocycles. The Kier molecular flexibility index (Phi) is 5.37. The number of aromatic carboxylic acids is 1. The third-order valence-corrected chi connectivity index (χ3v) is 4.47. The number of carbonyl (C=O) groups excluding carboxylic acids is 1. The first-order chi connectivity index (χ1) is 13.3. The fourth-order valence-corrected chi connectivity index (χ4v) is 3.09. The van der Waals surface area contributed by atoms with E-state index in [1.807, 2.05) is 0 Å². The smallest absolute Gasteiger partial charge is 0.335 e. The molecule has 0 aliphatic carbocycles. The molecule has 1 aliphatic rings. The van der Waals surface area contributed by atoms with Crippen molar-refractivity contribution in [1.82, 2.24) is 0 Å². The van der Waals surface area contributed by atoms with Crippen molar-refractivity contribution in [1.29, 1.82) is 0 Å². The fourth-order valence-electron chi connectivity index (χ4n) is 2.79. The van der Waals surface area contributed by atoms with E-state index >= 15 is 0 Å². The molecular formula is C20H17ClN2O5. The quantitative estimate of drug-likeness (QED) is 0.770. The molecule has 0 saturated carbocycles. The average molecular weight is 401 g/mol. The zero-order valence-corrected chi connectivity index (χ0v) is 16.1. The monoisotopic (exact) mass is 400 g/mol. The second-order valence-corrected chi connectivity index (χ2v) is 6.36. The molecule has 2 aromatic rings. The zero-order valence-electron chi connectivity index (χ0n) is 15.4. The Morgan fingerprint density at radius 1 is 1.18 bits per heavy atom. The predicted molar refractivity (Wildman–Crippen MR) is 107 cm³/mol. The lowest BCUT2D eigenvalue weighted by atomic mass is 10.1. The summed E-state index contributed by atoms with van der Waals surface area (Å²) in [5.41, 5.74) is 2.18. The first-order valence-electron chi connectivity index (χ1n) is 8.22. The summed E-state index contributed by atoms with van der Waals surface area (Å²) in [4.78, 5) is 23.8. The van der Waals surface area contributed by atoms with E-state index < -0.39 is 5.97 Å². The molecule has 7 nitrogen and oxygen atoms in total. The molecule has 0 fully saturated rings. The Morgan fingerprint density at radius 2 is 1.86 bits per heavy atom. The molecule has 3 rings (SSSR count). The van der Waals surface area contributed by atoms with Gasteiger partial charge in [-0.05, 0) is 55.0 Å². The van der Waals surface area contributed by atoms with Gasteiger partial charge < -0.3 is 14.6 Å². The molecule has 0 bridgehead atoms. The van der Waals surface area contributed by atoms with Crippen LogP contribution in [0, 0.1) is 0 Å². The molecule has 0 atom stereocenters. The van der Waals surface area contributed by atoms with E-state index in [4.69, 9.17) is 26.2 Å². The van der Waals surface area contributed by atoms with Gasteiger partial charge in [0.25, 0.3) is 5.91 Å². The van der Waals surface area contributed by atoms with Gasteiger partial charge in [0.05, 0.1) is 41.8 Å². The summed E-state index contributed by atoms with van der Waals surface area (Å²) in [6.45, 7) is 1.72. The van der Waals surface area contributed by atoms with E-state index in [0.717, 1.165) is 0 Å². The van der Waals surface area contributed by atoms with Crippen molar-refractivity contribution in [3.63, 3.8) is 0 Å². The maximum absolute atomic E-state index is 12.8. The first-order valence-corrected chi connectivity index (χ1v) is 8.60. The molecule has 1 heterocycles. The van der Waals surface area contributed by atoms with Gasteiger partial charge in [0, 0.05) is 0 Å². The van der Waals surface area contributed by atoms with Gasteiger partial charge in [-0.1, -0.05) is 11.6 Å². The highest BCUT2D eigenvalue weighted by atomic mass is 35.5. The van der Waals surface area contributed by atoms with E-state index in [1.54, 1.807) is 25.1 Å². The molecule has 144 valence electrons. The van der Waals surface area contributed by atoms with Crippen molar-refractivity contribution < 1.29 is 24.2 Å². The molecule has 1 amide bonds. The van der Waals surface area contributed by atoms with Gasteiger partial charge in [-0.3, -0.25) is 4.79 Å². The summed E-state index contributed by atoms with van der Waals surface area (Å²) in [7, 11) is 2.99. The van der Waals surface area contributed by atoms with Crippen LogP contribution in [0.1, 0.15) is 22.8 Å². The van der Waals surface area contributed by atoms with Crippen molar-refractivity contribution in [2.24, 2.45) is 5.10 Å². The minimum atomic E-state index is -1.04. The number of methoxy groups -OCH3 is 2. The molecule has 0 spiro atoms. The van der Waals surface area contributed by atoms with Crippen LogP contribution < -0.4 is 14.5 Å². The van der Waals surface area contributed by atoms with E-state index in [2.05, 4.69) is 5.10 Å². The number of anilines is 1. The molecule has 0 unspecified atom stereocenters. The largest absolute Gasteiger partial charge is 0.493 e. The van der Waals surface area contributed by atoms with Crippen LogP contribution in [0.15, 0.2) is 47.1 Å². The van der Waals surface area contributed by atoms with Gasteiger partial charge >= 0.3 is 5.97 Å². The Morgan fingerprint density at radius 3 is 2.43 bits per heavy atom. The number of amides is 1. The molecule has 0 saturated heterocycles. The normalized spacial score (nSPS) is 15.0. The van der Waals surface area contributed by atoms with Crippen molar-refractivity contribution >= 4 is 41.0 Å². The number of hydrazone groups is 1. The summed E-state index contributed by atoms with van der Waals surface area (Å²) in [5.74, 6) is -0.506. The third-order valence-electron chi connectivity index (χ3n) is 4.19. The third kappa shape index (κ3) is 3.57. The number of benzene rings is 2. The molecule has 8 heteroatoms. The van der Waals surface area contributed by atoms with Gasteiger partial charge in [0.1, 0.15) is 0 Å². The van der Waals surface area contributed by atoms with Crippen LogP contribution in [0.4, 0.5) is 5.69 Å². The molecular weight excluding hydrogens is 384 g/mol. The van der Waals surface area contributed by atoms with E-state index in [0.29, 0.717) is 39.1 Å². The number of ether oxygens (including phenoxy) is 2. The second kappa shape index (κ2) is 7.74. The second-order valence-electron chi connectivity index (χ2n) is 5.95. The number of carbonyl (C=O) groups is 2. The van der Waals surface area contributed by atoms with E-state index in [9.17, 15) is 9.59 Å². The Bertz CT molecular complexity index is 1010. The number of carboxylic acid groups (broad SMARTS) is 1. The summed E-state index contributed by atoms with van der Waals surface area (Å²) < 4.78 is 10.5. The maximum atomic E-state index is 12.8. The highest BCUT2D eigenvalue weighted by molar-refractivity contribution is 6.33. The lowest BCUT2D eigenvalue weighted by Crippen LogP contribution is -2.21. The highest BCUT2D eigenvalue weighted by Crippen LogP contribution is 2.37. The SMILES string of the molecule is COc1cc(C=C2C(=O)N(c3ccc(C(=O)O)cc3)N=C2C)cc(Cl)c1OC. The summed E-state index contributed by atoms with van der Waals surface area (Å²) in [6, 6.07) is 9.29.